The van der Waals surface area contributed by atoms with Gasteiger partial charge in [0.25, 0.3) is 0 Å². The lowest BCUT2D eigenvalue weighted by atomic mass is 9.96. The minimum atomic E-state index is -0.757. The van der Waals surface area contributed by atoms with Crippen LogP contribution in [0.25, 0.3) is 0 Å². The summed E-state index contributed by atoms with van der Waals surface area (Å²) in [6.45, 7) is 5.30. The Hall–Kier alpha value is -2.50. The summed E-state index contributed by atoms with van der Waals surface area (Å²) >= 11 is 0. The molecule has 0 spiro atoms. The van der Waals surface area contributed by atoms with E-state index in [1.165, 1.54) is 5.56 Å². The van der Waals surface area contributed by atoms with E-state index in [2.05, 4.69) is 42.0 Å². The summed E-state index contributed by atoms with van der Waals surface area (Å²) in [5.41, 5.74) is 4.13. The van der Waals surface area contributed by atoms with E-state index in [4.69, 9.17) is 4.74 Å². The van der Waals surface area contributed by atoms with E-state index < -0.39 is 11.9 Å². The van der Waals surface area contributed by atoms with Crippen molar-refractivity contribution >= 4 is 11.7 Å². The van der Waals surface area contributed by atoms with Crippen LogP contribution in [0.1, 0.15) is 30.7 Å². The summed E-state index contributed by atoms with van der Waals surface area (Å²) in [6.07, 6.45) is 3.25. The fourth-order valence-corrected chi connectivity index (χ4v) is 3.94. The molecule has 0 amide bonds. The Bertz CT molecular complexity index is 840. The molecule has 0 radical (unpaired) electrons. The van der Waals surface area contributed by atoms with E-state index in [1.54, 1.807) is 4.68 Å². The molecule has 0 saturated heterocycles. The predicted molar refractivity (Wildman–Crippen MR) is 93.9 cm³/mol. The van der Waals surface area contributed by atoms with Crippen molar-refractivity contribution in [3.05, 3.63) is 41.2 Å². The average molecular weight is 341 g/mol. The lowest BCUT2D eigenvalue weighted by Crippen LogP contribution is -2.38. The molecule has 2 aliphatic heterocycles. The van der Waals surface area contributed by atoms with E-state index >= 15 is 0 Å². The molecule has 1 unspecified atom stereocenters. The lowest BCUT2D eigenvalue weighted by molar-refractivity contribution is -0.141. The monoisotopic (exact) mass is 341 g/mol. The number of rotatable bonds is 3. The molecule has 3 heterocycles. The van der Waals surface area contributed by atoms with E-state index in [-0.39, 0.29) is 5.60 Å². The smallest absolute Gasteiger partial charge is 0.308 e. The van der Waals surface area contributed by atoms with Gasteiger partial charge in [0.2, 0.25) is 0 Å². The van der Waals surface area contributed by atoms with E-state index in [0.29, 0.717) is 19.5 Å². The van der Waals surface area contributed by atoms with Gasteiger partial charge in [-0.05, 0) is 19.4 Å². The molecule has 0 fully saturated rings. The van der Waals surface area contributed by atoms with Crippen LogP contribution in [0.5, 0.6) is 5.75 Å². The fraction of sp³-hybridized carbons (Fsp3) is 0.474. The maximum atomic E-state index is 11.6. The summed E-state index contributed by atoms with van der Waals surface area (Å²) in [4.78, 5) is 13.7. The number of aryl methyl sites for hydroxylation is 1. The molecule has 1 N–H and O–H groups in total. The quantitative estimate of drug-likeness (QED) is 0.928. The number of aromatic nitrogens is 2. The van der Waals surface area contributed by atoms with Gasteiger partial charge in [0.05, 0.1) is 23.5 Å². The molecule has 2 aromatic rings. The Balaban J connectivity index is 1.68. The number of carboxylic acid groups (broad SMARTS) is 1. The van der Waals surface area contributed by atoms with Crippen molar-refractivity contribution in [3.63, 3.8) is 0 Å². The summed E-state index contributed by atoms with van der Waals surface area (Å²) in [5, 5.41) is 13.8. The number of carbonyl (C=O) groups is 1. The van der Waals surface area contributed by atoms with Crippen LogP contribution in [0, 0.1) is 5.92 Å². The Morgan fingerprint density at radius 2 is 2.24 bits per heavy atom. The van der Waals surface area contributed by atoms with E-state index in [1.807, 2.05) is 13.2 Å². The number of para-hydroxylation sites is 1. The highest BCUT2D eigenvalue weighted by Gasteiger charge is 2.34. The van der Waals surface area contributed by atoms with Gasteiger partial charge in [0.15, 0.2) is 0 Å². The third kappa shape index (κ3) is 2.75. The Kier molecular flexibility index (Phi) is 3.52. The first kappa shape index (κ1) is 16.0. The Labute approximate surface area is 147 Å². The van der Waals surface area contributed by atoms with Crippen molar-refractivity contribution in [2.45, 2.75) is 38.8 Å². The van der Waals surface area contributed by atoms with Crippen LogP contribution in [-0.2, 0) is 31.2 Å². The normalized spacial score (nSPS) is 20.8. The van der Waals surface area contributed by atoms with Crippen LogP contribution in [0.2, 0.25) is 0 Å². The third-order valence-electron chi connectivity index (χ3n) is 5.14. The highest BCUT2D eigenvalue weighted by Crippen LogP contribution is 2.39. The molecular weight excluding hydrogens is 318 g/mol. The molecule has 4 rings (SSSR count). The van der Waals surface area contributed by atoms with Gasteiger partial charge in [-0.3, -0.25) is 9.48 Å². The number of nitrogens with zero attached hydrogens (tertiary/aromatic N) is 3. The van der Waals surface area contributed by atoms with Crippen molar-refractivity contribution < 1.29 is 14.6 Å². The fourth-order valence-electron chi connectivity index (χ4n) is 3.94. The molecule has 2 aliphatic rings. The third-order valence-corrected chi connectivity index (χ3v) is 5.14. The molecule has 25 heavy (non-hydrogen) atoms. The van der Waals surface area contributed by atoms with E-state index in [9.17, 15) is 9.90 Å². The molecule has 0 saturated carbocycles. The number of aliphatic carboxylic acids is 1. The number of anilines is 1. The summed E-state index contributed by atoms with van der Waals surface area (Å²) in [7, 11) is 1.87. The van der Waals surface area contributed by atoms with Gasteiger partial charge in [0.1, 0.15) is 11.4 Å². The van der Waals surface area contributed by atoms with Crippen molar-refractivity contribution in [1.82, 2.24) is 9.78 Å². The molecule has 0 aliphatic carbocycles. The number of carboxylic acids is 1. The second-order valence-corrected chi connectivity index (χ2v) is 7.66. The van der Waals surface area contributed by atoms with Gasteiger partial charge in [-0.15, -0.1) is 0 Å². The molecule has 132 valence electrons. The van der Waals surface area contributed by atoms with Gasteiger partial charge in [0, 0.05) is 38.5 Å². The van der Waals surface area contributed by atoms with Gasteiger partial charge in [-0.2, -0.15) is 5.10 Å². The van der Waals surface area contributed by atoms with Gasteiger partial charge >= 0.3 is 5.97 Å². The zero-order valence-corrected chi connectivity index (χ0v) is 14.8. The van der Waals surface area contributed by atoms with Crippen molar-refractivity contribution in [3.8, 4) is 5.75 Å². The maximum Gasteiger partial charge on any atom is 0.308 e. The van der Waals surface area contributed by atoms with Crippen molar-refractivity contribution in [2.24, 2.45) is 13.0 Å². The SMILES string of the molecule is Cn1ncc2c1CC(C(=O)O)CN2Cc1cccc2c1OC(C)(C)C2. The van der Waals surface area contributed by atoms with Crippen molar-refractivity contribution in [2.75, 3.05) is 11.4 Å². The minimum Gasteiger partial charge on any atom is -0.487 e. The largest absolute Gasteiger partial charge is 0.487 e. The second kappa shape index (κ2) is 5.51. The molecule has 1 aromatic carbocycles. The highest BCUT2D eigenvalue weighted by molar-refractivity contribution is 5.73. The number of benzene rings is 1. The van der Waals surface area contributed by atoms with Crippen LogP contribution < -0.4 is 9.64 Å². The Morgan fingerprint density at radius 1 is 1.44 bits per heavy atom. The summed E-state index contributed by atoms with van der Waals surface area (Å²) < 4.78 is 7.95. The molecular formula is C19H23N3O3. The first-order valence-electron chi connectivity index (χ1n) is 8.62. The lowest BCUT2D eigenvalue weighted by Gasteiger charge is -2.33. The molecule has 1 aromatic heterocycles. The number of fused-ring (bicyclic) bond motifs is 2. The first-order valence-corrected chi connectivity index (χ1v) is 8.62. The number of hydrogen-bond acceptors (Lipinski definition) is 4. The first-order chi connectivity index (χ1) is 11.8. The zero-order valence-electron chi connectivity index (χ0n) is 14.8. The molecule has 6 heteroatoms. The standard InChI is InChI=1S/C19H23N3O3/c1-19(2)8-12-5-4-6-13(17(12)25-19)10-22-11-14(18(23)24)7-15-16(22)9-20-21(15)3/h4-6,9,14H,7-8,10-11H2,1-3H3,(H,23,24). The van der Waals surface area contributed by atoms with Crippen LogP contribution in [-0.4, -0.2) is 33.0 Å². The number of hydrogen-bond donors (Lipinski definition) is 1. The van der Waals surface area contributed by atoms with E-state index in [0.717, 1.165) is 29.1 Å². The Morgan fingerprint density at radius 3 is 3.00 bits per heavy atom. The minimum absolute atomic E-state index is 0.191. The van der Waals surface area contributed by atoms with Crippen molar-refractivity contribution in [1.29, 1.82) is 0 Å². The van der Waals surface area contributed by atoms with Gasteiger partial charge < -0.3 is 14.7 Å². The van der Waals surface area contributed by atoms with Gasteiger partial charge in [-0.25, -0.2) is 0 Å². The van der Waals surface area contributed by atoms with Gasteiger partial charge in [-0.1, -0.05) is 18.2 Å². The highest BCUT2D eigenvalue weighted by atomic mass is 16.5. The average Bonchev–Trinajstić information content (AvgIpc) is 3.07. The maximum absolute atomic E-state index is 11.6. The molecule has 0 bridgehead atoms. The molecule has 6 nitrogen and oxygen atoms in total. The van der Waals surface area contributed by atoms with Crippen LogP contribution in [0.4, 0.5) is 5.69 Å². The predicted octanol–water partition coefficient (Wildman–Crippen LogP) is 2.40. The second-order valence-electron chi connectivity index (χ2n) is 7.66. The summed E-state index contributed by atoms with van der Waals surface area (Å²) in [6, 6.07) is 6.24. The zero-order chi connectivity index (χ0) is 17.8. The summed E-state index contributed by atoms with van der Waals surface area (Å²) in [5.74, 6) is -0.222. The van der Waals surface area contributed by atoms with Crippen LogP contribution in [0.3, 0.4) is 0 Å². The molecule has 1 atom stereocenters. The van der Waals surface area contributed by atoms with Crippen LogP contribution in [0.15, 0.2) is 24.4 Å². The number of ether oxygens (including phenoxy) is 1. The topological polar surface area (TPSA) is 67.6 Å². The van der Waals surface area contributed by atoms with Crippen LogP contribution >= 0.6 is 0 Å².